The Morgan fingerprint density at radius 2 is 2.19 bits per heavy atom. The number of alkyl halides is 2. The molecule has 1 aliphatic rings. The normalized spacial score (nSPS) is 21.9. The second-order valence-electron chi connectivity index (χ2n) is 3.88. The molecular formula is C11H11ClF2O2. The number of aliphatic hydroxyl groups is 1. The zero-order valence-electron chi connectivity index (χ0n) is 8.42. The van der Waals surface area contributed by atoms with Gasteiger partial charge >= 0.3 is 0 Å². The summed E-state index contributed by atoms with van der Waals surface area (Å²) in [6.45, 7) is -0.151. The van der Waals surface area contributed by atoms with Crippen LogP contribution in [0.1, 0.15) is 12.0 Å². The van der Waals surface area contributed by atoms with Gasteiger partial charge in [0.05, 0.1) is 19.1 Å². The monoisotopic (exact) mass is 248 g/mol. The number of hydrogen-bond donors (Lipinski definition) is 1. The second-order valence-corrected chi connectivity index (χ2v) is 4.29. The molecule has 0 aromatic heterocycles. The maximum atomic E-state index is 12.6. The third-order valence-corrected chi connectivity index (χ3v) is 2.95. The predicted octanol–water partition coefficient (Wildman–Crippen LogP) is 2.87. The number of hydrogen-bond acceptors (Lipinski definition) is 2. The average molecular weight is 249 g/mol. The molecule has 1 aromatic carbocycles. The molecule has 1 saturated carbocycles. The Bertz CT molecular complexity index is 396. The summed E-state index contributed by atoms with van der Waals surface area (Å²) in [6.07, 6.45) is -0.102. The van der Waals surface area contributed by atoms with Gasteiger partial charge in [-0.25, -0.2) is 8.78 Å². The summed E-state index contributed by atoms with van der Waals surface area (Å²) in [7, 11) is 0. The summed E-state index contributed by atoms with van der Waals surface area (Å²) in [4.78, 5) is 0. The van der Waals surface area contributed by atoms with Gasteiger partial charge in [0.25, 0.3) is 5.92 Å². The van der Waals surface area contributed by atoms with Gasteiger partial charge < -0.3 is 9.84 Å². The molecular weight excluding hydrogens is 238 g/mol. The topological polar surface area (TPSA) is 29.5 Å². The molecule has 1 atom stereocenters. The average Bonchev–Trinajstić information content (AvgIpc) is 2.84. The van der Waals surface area contributed by atoms with Gasteiger partial charge in [0.2, 0.25) is 0 Å². The van der Waals surface area contributed by atoms with Gasteiger partial charge in [-0.3, -0.25) is 0 Å². The van der Waals surface area contributed by atoms with Gasteiger partial charge in [0.1, 0.15) is 5.75 Å². The van der Waals surface area contributed by atoms with Crippen molar-refractivity contribution in [2.75, 3.05) is 6.61 Å². The van der Waals surface area contributed by atoms with E-state index < -0.39 is 11.8 Å². The SMILES string of the molecule is OCc1ccc(OCC2CC2(F)F)cc1Cl. The summed E-state index contributed by atoms with van der Waals surface area (Å²) in [6, 6.07) is 4.74. The van der Waals surface area contributed by atoms with Crippen LogP contribution in [-0.2, 0) is 6.61 Å². The number of halogens is 3. The molecule has 2 rings (SSSR count). The van der Waals surface area contributed by atoms with Crippen molar-refractivity contribution in [2.45, 2.75) is 19.0 Å². The third kappa shape index (κ3) is 2.44. The first-order valence-electron chi connectivity index (χ1n) is 4.93. The van der Waals surface area contributed by atoms with Crippen molar-refractivity contribution >= 4 is 11.6 Å². The molecule has 0 radical (unpaired) electrons. The Balaban J connectivity index is 1.93. The van der Waals surface area contributed by atoms with E-state index in [1.807, 2.05) is 0 Å². The molecule has 16 heavy (non-hydrogen) atoms. The summed E-state index contributed by atoms with van der Waals surface area (Å²) in [5.74, 6) is -2.79. The molecule has 5 heteroatoms. The molecule has 0 aliphatic heterocycles. The molecule has 0 spiro atoms. The van der Waals surface area contributed by atoms with Gasteiger partial charge in [-0.1, -0.05) is 17.7 Å². The fraction of sp³-hybridized carbons (Fsp3) is 0.455. The van der Waals surface area contributed by atoms with Gasteiger partial charge in [0.15, 0.2) is 0 Å². The van der Waals surface area contributed by atoms with Crippen LogP contribution in [0.3, 0.4) is 0 Å². The third-order valence-electron chi connectivity index (χ3n) is 2.60. The van der Waals surface area contributed by atoms with Crippen molar-refractivity contribution < 1.29 is 18.6 Å². The second kappa shape index (κ2) is 4.18. The maximum Gasteiger partial charge on any atom is 0.255 e. The predicted molar refractivity (Wildman–Crippen MR) is 55.9 cm³/mol. The van der Waals surface area contributed by atoms with Gasteiger partial charge in [-0.2, -0.15) is 0 Å². The Kier molecular flexibility index (Phi) is 3.04. The smallest absolute Gasteiger partial charge is 0.255 e. The number of aliphatic hydroxyl groups excluding tert-OH is 1. The molecule has 0 amide bonds. The highest BCUT2D eigenvalue weighted by Gasteiger charge is 2.57. The summed E-state index contributed by atoms with van der Waals surface area (Å²) < 4.78 is 30.3. The lowest BCUT2D eigenvalue weighted by Gasteiger charge is -2.07. The number of ether oxygens (including phenoxy) is 1. The molecule has 0 bridgehead atoms. The van der Waals surface area contributed by atoms with Crippen molar-refractivity contribution in [3.8, 4) is 5.75 Å². The first-order valence-corrected chi connectivity index (χ1v) is 5.30. The van der Waals surface area contributed by atoms with E-state index in [-0.39, 0.29) is 19.6 Å². The molecule has 2 nitrogen and oxygen atoms in total. The van der Waals surface area contributed by atoms with Crippen molar-refractivity contribution in [3.05, 3.63) is 28.8 Å². The molecule has 1 unspecified atom stereocenters. The quantitative estimate of drug-likeness (QED) is 0.888. The van der Waals surface area contributed by atoms with E-state index in [0.29, 0.717) is 16.3 Å². The summed E-state index contributed by atoms with van der Waals surface area (Å²) in [5, 5.41) is 9.26. The van der Waals surface area contributed by atoms with E-state index in [2.05, 4.69) is 0 Å². The molecule has 1 fully saturated rings. The standard InChI is InChI=1S/C11H11ClF2O2/c12-10-3-9(2-1-7(10)5-15)16-6-8-4-11(8,13)14/h1-3,8,15H,4-6H2. The Morgan fingerprint density at radius 1 is 1.50 bits per heavy atom. The van der Waals surface area contributed by atoms with Crippen LogP contribution in [0.4, 0.5) is 8.78 Å². The largest absolute Gasteiger partial charge is 0.493 e. The first kappa shape index (κ1) is 11.6. The van der Waals surface area contributed by atoms with Crippen LogP contribution in [0.5, 0.6) is 5.75 Å². The molecule has 1 aliphatic carbocycles. The van der Waals surface area contributed by atoms with Crippen LogP contribution in [0.25, 0.3) is 0 Å². The molecule has 0 heterocycles. The lowest BCUT2D eigenvalue weighted by Crippen LogP contribution is -2.05. The van der Waals surface area contributed by atoms with E-state index in [9.17, 15) is 8.78 Å². The molecule has 1 N–H and O–H groups in total. The molecule has 1 aromatic rings. The Hall–Kier alpha value is -0.870. The minimum atomic E-state index is -2.56. The van der Waals surface area contributed by atoms with Gasteiger partial charge in [0, 0.05) is 11.4 Å². The molecule has 88 valence electrons. The first-order chi connectivity index (χ1) is 7.53. The van der Waals surface area contributed by atoms with Crippen molar-refractivity contribution in [1.29, 1.82) is 0 Å². The van der Waals surface area contributed by atoms with Crippen molar-refractivity contribution in [3.63, 3.8) is 0 Å². The number of benzene rings is 1. The lowest BCUT2D eigenvalue weighted by molar-refractivity contribution is 0.0856. The Labute approximate surface area is 96.8 Å². The van der Waals surface area contributed by atoms with E-state index >= 15 is 0 Å². The van der Waals surface area contributed by atoms with Crippen molar-refractivity contribution in [1.82, 2.24) is 0 Å². The van der Waals surface area contributed by atoms with Crippen LogP contribution in [0, 0.1) is 5.92 Å². The zero-order chi connectivity index (χ0) is 11.8. The van der Waals surface area contributed by atoms with Crippen LogP contribution < -0.4 is 4.74 Å². The fourth-order valence-corrected chi connectivity index (χ4v) is 1.62. The van der Waals surface area contributed by atoms with Crippen LogP contribution >= 0.6 is 11.6 Å². The fourth-order valence-electron chi connectivity index (χ4n) is 1.39. The van der Waals surface area contributed by atoms with Crippen LogP contribution in [-0.4, -0.2) is 17.6 Å². The maximum absolute atomic E-state index is 12.6. The zero-order valence-corrected chi connectivity index (χ0v) is 9.18. The Morgan fingerprint density at radius 3 is 2.69 bits per heavy atom. The van der Waals surface area contributed by atoms with Gasteiger partial charge in [-0.15, -0.1) is 0 Å². The van der Waals surface area contributed by atoms with Crippen molar-refractivity contribution in [2.24, 2.45) is 5.92 Å². The van der Waals surface area contributed by atoms with E-state index in [1.54, 1.807) is 12.1 Å². The molecule has 0 saturated heterocycles. The highest BCUT2D eigenvalue weighted by molar-refractivity contribution is 6.31. The van der Waals surface area contributed by atoms with E-state index in [0.717, 1.165) is 0 Å². The lowest BCUT2D eigenvalue weighted by atomic mass is 10.2. The summed E-state index contributed by atoms with van der Waals surface area (Å²) in [5.41, 5.74) is 0.589. The minimum absolute atomic E-state index is 0.00179. The number of rotatable bonds is 4. The van der Waals surface area contributed by atoms with Crippen LogP contribution in [0.15, 0.2) is 18.2 Å². The van der Waals surface area contributed by atoms with Crippen LogP contribution in [0.2, 0.25) is 5.02 Å². The highest BCUT2D eigenvalue weighted by atomic mass is 35.5. The van der Waals surface area contributed by atoms with E-state index in [4.69, 9.17) is 21.4 Å². The van der Waals surface area contributed by atoms with Gasteiger partial charge in [-0.05, 0) is 17.7 Å². The summed E-state index contributed by atoms with van der Waals surface area (Å²) >= 11 is 5.83. The van der Waals surface area contributed by atoms with E-state index in [1.165, 1.54) is 6.07 Å². The highest BCUT2D eigenvalue weighted by Crippen LogP contribution is 2.48. The minimum Gasteiger partial charge on any atom is -0.493 e.